The summed E-state index contributed by atoms with van der Waals surface area (Å²) < 4.78 is 5.05. The first-order chi connectivity index (χ1) is 11.0. The fourth-order valence-electron chi connectivity index (χ4n) is 2.83. The van der Waals surface area contributed by atoms with E-state index < -0.39 is 11.9 Å². The van der Waals surface area contributed by atoms with Crippen LogP contribution in [0.25, 0.3) is 0 Å². The first kappa shape index (κ1) is 17.0. The largest absolute Gasteiger partial charge is 0.497 e. The van der Waals surface area contributed by atoms with Crippen molar-refractivity contribution in [3.63, 3.8) is 0 Å². The van der Waals surface area contributed by atoms with Crippen molar-refractivity contribution in [1.29, 1.82) is 0 Å². The summed E-state index contributed by atoms with van der Waals surface area (Å²) >= 11 is 0. The van der Waals surface area contributed by atoms with E-state index in [0.29, 0.717) is 37.1 Å². The molecule has 6 nitrogen and oxygen atoms in total. The lowest BCUT2D eigenvalue weighted by molar-refractivity contribution is -0.137. The van der Waals surface area contributed by atoms with Gasteiger partial charge in [-0.15, -0.1) is 0 Å². The number of nitrogens with zero attached hydrogens (tertiary/aromatic N) is 1. The van der Waals surface area contributed by atoms with Crippen LogP contribution in [0.3, 0.4) is 0 Å². The second kappa shape index (κ2) is 7.76. The fraction of sp³-hybridized carbons (Fsp3) is 0.471. The molecule has 1 aliphatic heterocycles. The Kier molecular flexibility index (Phi) is 5.73. The molecule has 1 aromatic carbocycles. The highest BCUT2D eigenvalue weighted by atomic mass is 16.5. The van der Waals surface area contributed by atoms with Gasteiger partial charge in [-0.2, -0.15) is 0 Å². The molecule has 1 unspecified atom stereocenters. The summed E-state index contributed by atoms with van der Waals surface area (Å²) in [4.78, 5) is 37.1. The number of ether oxygens (including phenoxy) is 1. The van der Waals surface area contributed by atoms with Gasteiger partial charge in [0.15, 0.2) is 5.78 Å². The average molecular weight is 318 g/mol. The summed E-state index contributed by atoms with van der Waals surface area (Å²) in [7, 11) is 1.57. The number of rotatable bonds is 7. The third-order valence-corrected chi connectivity index (χ3v) is 4.11. The number of hydrogen-bond donors (Lipinski definition) is 1. The van der Waals surface area contributed by atoms with Crippen molar-refractivity contribution in [2.24, 2.45) is 5.73 Å². The molecule has 0 aliphatic carbocycles. The SMILES string of the molecule is COc1ccc(C(=O)CCCC(=O)N2CCCC2C(N)=O)cc1. The minimum atomic E-state index is -0.486. The highest BCUT2D eigenvalue weighted by Gasteiger charge is 2.32. The van der Waals surface area contributed by atoms with Gasteiger partial charge in [0.25, 0.3) is 0 Å². The maximum atomic E-state index is 12.2. The number of carbonyl (C=O) groups is 3. The van der Waals surface area contributed by atoms with Gasteiger partial charge in [0.05, 0.1) is 7.11 Å². The summed E-state index contributed by atoms with van der Waals surface area (Å²) in [5.74, 6) is 0.135. The third kappa shape index (κ3) is 4.31. The highest BCUT2D eigenvalue weighted by molar-refractivity contribution is 5.96. The standard InChI is InChI=1S/C17H22N2O4/c1-23-13-9-7-12(8-10-13)15(20)5-2-6-16(21)19-11-3-4-14(19)17(18)22/h7-10,14H,2-6,11H2,1H3,(H2,18,22). The second-order valence-corrected chi connectivity index (χ2v) is 5.65. The Morgan fingerprint density at radius 3 is 2.52 bits per heavy atom. The van der Waals surface area contributed by atoms with E-state index in [0.717, 1.165) is 6.42 Å². The number of benzene rings is 1. The van der Waals surface area contributed by atoms with Gasteiger partial charge in [-0.1, -0.05) is 0 Å². The zero-order valence-corrected chi connectivity index (χ0v) is 13.3. The lowest BCUT2D eigenvalue weighted by Gasteiger charge is -2.22. The van der Waals surface area contributed by atoms with Gasteiger partial charge >= 0.3 is 0 Å². The minimum absolute atomic E-state index is 0.00618. The highest BCUT2D eigenvalue weighted by Crippen LogP contribution is 2.19. The third-order valence-electron chi connectivity index (χ3n) is 4.11. The van der Waals surface area contributed by atoms with Crippen LogP contribution in [0, 0.1) is 0 Å². The van der Waals surface area contributed by atoms with Crippen LogP contribution < -0.4 is 10.5 Å². The molecule has 0 aromatic heterocycles. The monoisotopic (exact) mass is 318 g/mol. The average Bonchev–Trinajstić information content (AvgIpc) is 3.04. The van der Waals surface area contributed by atoms with E-state index in [9.17, 15) is 14.4 Å². The summed E-state index contributed by atoms with van der Waals surface area (Å²) in [6.45, 7) is 0.568. The fourth-order valence-corrected chi connectivity index (χ4v) is 2.83. The van der Waals surface area contributed by atoms with E-state index in [1.54, 1.807) is 36.3 Å². The van der Waals surface area contributed by atoms with Crippen molar-refractivity contribution in [2.75, 3.05) is 13.7 Å². The summed E-state index contributed by atoms with van der Waals surface area (Å²) in [5.41, 5.74) is 5.91. The molecule has 124 valence electrons. The number of Topliss-reactive ketones (excluding diaryl/α,β-unsaturated/α-hetero) is 1. The van der Waals surface area contributed by atoms with E-state index in [2.05, 4.69) is 0 Å². The molecule has 23 heavy (non-hydrogen) atoms. The van der Waals surface area contributed by atoms with Crippen LogP contribution in [0.4, 0.5) is 0 Å². The molecule has 0 radical (unpaired) electrons. The Morgan fingerprint density at radius 1 is 1.22 bits per heavy atom. The first-order valence-electron chi connectivity index (χ1n) is 7.79. The normalized spacial score (nSPS) is 17.1. The van der Waals surface area contributed by atoms with Crippen molar-refractivity contribution in [1.82, 2.24) is 4.90 Å². The van der Waals surface area contributed by atoms with Crippen molar-refractivity contribution in [2.45, 2.75) is 38.1 Å². The maximum absolute atomic E-state index is 12.2. The van der Waals surface area contributed by atoms with Crippen LogP contribution in [0.5, 0.6) is 5.75 Å². The van der Waals surface area contributed by atoms with Gasteiger partial charge in [-0.25, -0.2) is 0 Å². The van der Waals surface area contributed by atoms with Gasteiger partial charge in [-0.05, 0) is 43.5 Å². The summed E-state index contributed by atoms with van der Waals surface area (Å²) in [6.07, 6.45) is 2.44. The number of primary amides is 1. The predicted molar refractivity (Wildman–Crippen MR) is 85.1 cm³/mol. The van der Waals surface area contributed by atoms with Crippen molar-refractivity contribution < 1.29 is 19.1 Å². The van der Waals surface area contributed by atoms with Crippen molar-refractivity contribution in [3.8, 4) is 5.75 Å². The first-order valence-corrected chi connectivity index (χ1v) is 7.79. The van der Waals surface area contributed by atoms with E-state index in [-0.39, 0.29) is 18.1 Å². The van der Waals surface area contributed by atoms with Crippen LogP contribution in [-0.4, -0.2) is 42.2 Å². The van der Waals surface area contributed by atoms with Crippen molar-refractivity contribution >= 4 is 17.6 Å². The molecule has 1 aromatic rings. The molecule has 0 spiro atoms. The molecule has 1 heterocycles. The van der Waals surface area contributed by atoms with E-state index in [1.165, 1.54) is 0 Å². The topological polar surface area (TPSA) is 89.7 Å². The van der Waals surface area contributed by atoms with Crippen LogP contribution in [0.15, 0.2) is 24.3 Å². The molecule has 1 aliphatic rings. The lowest BCUT2D eigenvalue weighted by Crippen LogP contribution is -2.43. The number of nitrogens with two attached hydrogens (primary N) is 1. The van der Waals surface area contributed by atoms with Crippen molar-refractivity contribution in [3.05, 3.63) is 29.8 Å². The molecular formula is C17H22N2O4. The van der Waals surface area contributed by atoms with E-state index >= 15 is 0 Å². The smallest absolute Gasteiger partial charge is 0.240 e. The van der Waals surface area contributed by atoms with Crippen LogP contribution >= 0.6 is 0 Å². The van der Waals surface area contributed by atoms with Gasteiger partial charge in [0.1, 0.15) is 11.8 Å². The molecule has 0 bridgehead atoms. The number of amides is 2. The van der Waals surface area contributed by atoms with Gasteiger partial charge in [0, 0.05) is 24.9 Å². The number of carbonyl (C=O) groups excluding carboxylic acids is 3. The summed E-state index contributed by atoms with van der Waals surface area (Å²) in [5, 5.41) is 0. The quantitative estimate of drug-likeness (QED) is 0.772. The number of likely N-dealkylation sites (tertiary alicyclic amines) is 1. The Bertz CT molecular complexity index is 583. The van der Waals surface area contributed by atoms with Crippen LogP contribution in [0.2, 0.25) is 0 Å². The van der Waals surface area contributed by atoms with E-state index in [4.69, 9.17) is 10.5 Å². The van der Waals surface area contributed by atoms with Crippen LogP contribution in [0.1, 0.15) is 42.5 Å². The molecule has 1 atom stereocenters. The maximum Gasteiger partial charge on any atom is 0.240 e. The minimum Gasteiger partial charge on any atom is -0.497 e. The van der Waals surface area contributed by atoms with Gasteiger partial charge < -0.3 is 15.4 Å². The zero-order chi connectivity index (χ0) is 16.8. The number of hydrogen-bond acceptors (Lipinski definition) is 4. The van der Waals surface area contributed by atoms with Crippen LogP contribution in [-0.2, 0) is 9.59 Å². The molecule has 2 N–H and O–H groups in total. The van der Waals surface area contributed by atoms with Gasteiger partial charge in [0.2, 0.25) is 11.8 Å². The molecule has 1 saturated heterocycles. The Balaban J connectivity index is 1.80. The summed E-state index contributed by atoms with van der Waals surface area (Å²) in [6, 6.07) is 6.42. The van der Waals surface area contributed by atoms with Gasteiger partial charge in [-0.3, -0.25) is 14.4 Å². The predicted octanol–water partition coefficient (Wildman–Crippen LogP) is 1.52. The Hall–Kier alpha value is -2.37. The Morgan fingerprint density at radius 2 is 1.91 bits per heavy atom. The lowest BCUT2D eigenvalue weighted by atomic mass is 10.0. The zero-order valence-electron chi connectivity index (χ0n) is 13.3. The molecule has 2 amide bonds. The molecule has 6 heteroatoms. The molecule has 1 fully saturated rings. The Labute approximate surface area is 135 Å². The molecule has 2 rings (SSSR count). The number of methoxy groups -OCH3 is 1. The molecular weight excluding hydrogens is 296 g/mol. The van der Waals surface area contributed by atoms with E-state index in [1.807, 2.05) is 0 Å². The molecule has 0 saturated carbocycles. The second-order valence-electron chi connectivity index (χ2n) is 5.65. The number of ketones is 1.